The van der Waals surface area contributed by atoms with E-state index < -0.39 is 0 Å². The third-order valence-electron chi connectivity index (χ3n) is 6.49. The van der Waals surface area contributed by atoms with Gasteiger partial charge in [-0.1, -0.05) is 18.1 Å². The summed E-state index contributed by atoms with van der Waals surface area (Å²) in [5, 5.41) is 4.41. The molecule has 1 aromatic heterocycles. The van der Waals surface area contributed by atoms with Crippen LogP contribution >= 0.6 is 0 Å². The van der Waals surface area contributed by atoms with E-state index in [1.54, 1.807) is 7.11 Å². The summed E-state index contributed by atoms with van der Waals surface area (Å²) < 4.78 is 11.7. The lowest BCUT2D eigenvalue weighted by molar-refractivity contribution is 0.247. The molecule has 2 aliphatic rings. The molecule has 0 saturated carbocycles. The molecule has 164 valence electrons. The predicted molar refractivity (Wildman–Crippen MR) is 126 cm³/mol. The summed E-state index contributed by atoms with van der Waals surface area (Å²) in [6.45, 7) is 6.49. The number of ether oxygens (including phenoxy) is 2. The second-order valence-electron chi connectivity index (χ2n) is 8.62. The standard InChI is InChI=1S/C26H28N4O2/c1-3-18-6-4-7-19(10-18)26-28-15-20-11-25(24(31-2)12-23(20)29-26)32-9-5-8-30-16-21-13-27-14-22(21)17-30/h1,4,6-7,10-12,15,21-22,27H,5,8-9,13-14,16-17H2,2H3. The van der Waals surface area contributed by atoms with Crippen LogP contribution in [0, 0.1) is 24.2 Å². The minimum absolute atomic E-state index is 0.635. The number of hydrogen-bond donors (Lipinski definition) is 1. The molecule has 32 heavy (non-hydrogen) atoms. The Hall–Kier alpha value is -3.14. The van der Waals surface area contributed by atoms with E-state index in [0.29, 0.717) is 18.2 Å². The maximum absolute atomic E-state index is 6.09. The van der Waals surface area contributed by atoms with E-state index in [1.165, 1.54) is 26.2 Å². The van der Waals surface area contributed by atoms with Crippen LogP contribution in [0.3, 0.4) is 0 Å². The minimum Gasteiger partial charge on any atom is -0.493 e. The number of likely N-dealkylation sites (tertiary alicyclic amines) is 1. The number of terminal acetylenes is 1. The van der Waals surface area contributed by atoms with Crippen LogP contribution in [-0.4, -0.2) is 61.3 Å². The summed E-state index contributed by atoms with van der Waals surface area (Å²) in [5.41, 5.74) is 2.51. The number of nitrogens with zero attached hydrogens (tertiary/aromatic N) is 3. The van der Waals surface area contributed by atoms with Gasteiger partial charge in [0.15, 0.2) is 17.3 Å². The lowest BCUT2D eigenvalue weighted by Crippen LogP contribution is -2.27. The third-order valence-corrected chi connectivity index (χ3v) is 6.49. The lowest BCUT2D eigenvalue weighted by Gasteiger charge is -2.17. The van der Waals surface area contributed by atoms with E-state index in [0.717, 1.165) is 52.6 Å². The number of benzene rings is 2. The van der Waals surface area contributed by atoms with E-state index in [-0.39, 0.29) is 0 Å². The molecule has 2 aromatic carbocycles. The molecular weight excluding hydrogens is 400 g/mol. The van der Waals surface area contributed by atoms with Gasteiger partial charge in [-0.15, -0.1) is 6.42 Å². The number of hydrogen-bond acceptors (Lipinski definition) is 6. The molecular formula is C26H28N4O2. The monoisotopic (exact) mass is 428 g/mol. The molecule has 0 bridgehead atoms. The topological polar surface area (TPSA) is 59.5 Å². The van der Waals surface area contributed by atoms with E-state index in [9.17, 15) is 0 Å². The van der Waals surface area contributed by atoms with Gasteiger partial charge in [0, 0.05) is 48.4 Å². The maximum atomic E-state index is 6.09. The smallest absolute Gasteiger partial charge is 0.162 e. The Morgan fingerprint density at radius 1 is 1.16 bits per heavy atom. The largest absolute Gasteiger partial charge is 0.493 e. The SMILES string of the molecule is C#Cc1cccc(-c2ncc3cc(OCCCN4CC5CNCC5C4)c(OC)cc3n2)c1. The van der Waals surface area contributed by atoms with Gasteiger partial charge in [0.05, 0.1) is 19.2 Å². The van der Waals surface area contributed by atoms with Crippen LogP contribution < -0.4 is 14.8 Å². The molecule has 0 aliphatic carbocycles. The number of aromatic nitrogens is 2. The van der Waals surface area contributed by atoms with E-state index in [4.69, 9.17) is 20.9 Å². The Kier molecular flexibility index (Phi) is 5.93. The van der Waals surface area contributed by atoms with Gasteiger partial charge in [-0.2, -0.15) is 0 Å². The molecule has 2 unspecified atom stereocenters. The van der Waals surface area contributed by atoms with Gasteiger partial charge in [0.1, 0.15) is 0 Å². The summed E-state index contributed by atoms with van der Waals surface area (Å²) in [5.74, 6) is 6.36. The normalized spacial score (nSPS) is 20.2. The van der Waals surface area contributed by atoms with Gasteiger partial charge in [-0.25, -0.2) is 9.97 Å². The molecule has 6 nitrogen and oxygen atoms in total. The van der Waals surface area contributed by atoms with E-state index in [2.05, 4.69) is 21.1 Å². The first-order chi connectivity index (χ1) is 15.7. The fourth-order valence-electron chi connectivity index (χ4n) is 4.80. The van der Waals surface area contributed by atoms with Crippen molar-refractivity contribution in [1.82, 2.24) is 20.2 Å². The van der Waals surface area contributed by atoms with Crippen molar-refractivity contribution in [3.05, 3.63) is 48.2 Å². The Morgan fingerprint density at radius 2 is 2.00 bits per heavy atom. The highest BCUT2D eigenvalue weighted by Gasteiger charge is 2.35. The molecule has 2 aliphatic heterocycles. The number of nitrogens with one attached hydrogen (secondary N) is 1. The minimum atomic E-state index is 0.635. The molecule has 0 radical (unpaired) electrons. The van der Waals surface area contributed by atoms with Gasteiger partial charge in [0.2, 0.25) is 0 Å². The van der Waals surface area contributed by atoms with Crippen LogP contribution in [0.15, 0.2) is 42.6 Å². The fraction of sp³-hybridized carbons (Fsp3) is 0.385. The summed E-state index contributed by atoms with van der Waals surface area (Å²) >= 11 is 0. The molecule has 0 spiro atoms. The van der Waals surface area contributed by atoms with Crippen LogP contribution in [0.25, 0.3) is 22.3 Å². The zero-order valence-corrected chi connectivity index (χ0v) is 18.4. The first-order valence-electron chi connectivity index (χ1n) is 11.2. The highest BCUT2D eigenvalue weighted by Crippen LogP contribution is 2.32. The molecule has 2 atom stereocenters. The Balaban J connectivity index is 1.26. The average molecular weight is 429 g/mol. The average Bonchev–Trinajstić information content (AvgIpc) is 3.43. The van der Waals surface area contributed by atoms with Crippen molar-refractivity contribution in [2.75, 3.05) is 46.4 Å². The molecule has 6 heteroatoms. The number of methoxy groups -OCH3 is 1. The molecule has 3 aromatic rings. The van der Waals surface area contributed by atoms with Crippen LogP contribution in [0.2, 0.25) is 0 Å². The first kappa shape index (κ1) is 20.7. The predicted octanol–water partition coefficient (Wildman–Crippen LogP) is 3.21. The van der Waals surface area contributed by atoms with Gasteiger partial charge < -0.3 is 19.7 Å². The second kappa shape index (κ2) is 9.15. The van der Waals surface area contributed by atoms with Crippen LogP contribution in [0.1, 0.15) is 12.0 Å². The van der Waals surface area contributed by atoms with Gasteiger partial charge in [-0.05, 0) is 49.5 Å². The van der Waals surface area contributed by atoms with E-state index in [1.807, 2.05) is 42.6 Å². The Morgan fingerprint density at radius 3 is 2.78 bits per heavy atom. The molecule has 0 amide bonds. The van der Waals surface area contributed by atoms with Crippen LogP contribution in [0.4, 0.5) is 0 Å². The molecule has 3 heterocycles. The maximum Gasteiger partial charge on any atom is 0.162 e. The Labute approximate surface area is 189 Å². The summed E-state index contributed by atoms with van der Waals surface area (Å²) in [6, 6.07) is 11.6. The second-order valence-corrected chi connectivity index (χ2v) is 8.62. The van der Waals surface area contributed by atoms with Gasteiger partial charge >= 0.3 is 0 Å². The van der Waals surface area contributed by atoms with Crippen molar-refractivity contribution >= 4 is 10.9 Å². The summed E-state index contributed by atoms with van der Waals surface area (Å²) in [4.78, 5) is 11.8. The van der Waals surface area contributed by atoms with E-state index >= 15 is 0 Å². The fourth-order valence-corrected chi connectivity index (χ4v) is 4.80. The first-order valence-corrected chi connectivity index (χ1v) is 11.2. The molecule has 1 N–H and O–H groups in total. The van der Waals surface area contributed by atoms with Crippen molar-refractivity contribution in [3.8, 4) is 35.2 Å². The Bertz CT molecular complexity index is 1140. The molecule has 5 rings (SSSR count). The zero-order valence-electron chi connectivity index (χ0n) is 18.4. The van der Waals surface area contributed by atoms with Crippen LogP contribution in [0.5, 0.6) is 11.5 Å². The summed E-state index contributed by atoms with van der Waals surface area (Å²) in [7, 11) is 1.66. The third kappa shape index (κ3) is 4.27. The van der Waals surface area contributed by atoms with Crippen molar-refractivity contribution in [1.29, 1.82) is 0 Å². The summed E-state index contributed by atoms with van der Waals surface area (Å²) in [6.07, 6.45) is 8.34. The van der Waals surface area contributed by atoms with Gasteiger partial charge in [0.25, 0.3) is 0 Å². The van der Waals surface area contributed by atoms with Crippen LogP contribution in [-0.2, 0) is 0 Å². The molecule has 2 saturated heterocycles. The van der Waals surface area contributed by atoms with Gasteiger partial charge in [-0.3, -0.25) is 0 Å². The van der Waals surface area contributed by atoms with Crippen molar-refractivity contribution in [2.45, 2.75) is 6.42 Å². The number of rotatable bonds is 7. The highest BCUT2D eigenvalue weighted by molar-refractivity contribution is 5.83. The van der Waals surface area contributed by atoms with Crippen molar-refractivity contribution in [3.63, 3.8) is 0 Å². The van der Waals surface area contributed by atoms with Crippen molar-refractivity contribution in [2.24, 2.45) is 11.8 Å². The number of fused-ring (bicyclic) bond motifs is 2. The van der Waals surface area contributed by atoms with Crippen molar-refractivity contribution < 1.29 is 9.47 Å². The quantitative estimate of drug-likeness (QED) is 0.461. The highest BCUT2D eigenvalue weighted by atomic mass is 16.5. The molecule has 2 fully saturated rings. The zero-order chi connectivity index (χ0) is 21.9. The lowest BCUT2D eigenvalue weighted by atomic mass is 10.0.